The van der Waals surface area contributed by atoms with Crippen LogP contribution in [0.1, 0.15) is 25.3 Å². The Morgan fingerprint density at radius 3 is 2.94 bits per heavy atom. The third-order valence-corrected chi connectivity index (χ3v) is 7.65. The summed E-state index contributed by atoms with van der Waals surface area (Å²) in [4.78, 5) is 11.4. The van der Waals surface area contributed by atoms with Crippen LogP contribution < -0.4 is 4.84 Å². The average Bonchev–Trinajstić information content (AvgIpc) is 3.21. The van der Waals surface area contributed by atoms with Crippen molar-refractivity contribution in [3.05, 3.63) is 60.0 Å². The van der Waals surface area contributed by atoms with Gasteiger partial charge in [0, 0.05) is 30.2 Å². The highest BCUT2D eigenvalue weighted by atomic mass is 32.2. The van der Waals surface area contributed by atoms with E-state index < -0.39 is 10.0 Å². The predicted molar refractivity (Wildman–Crippen MR) is 117 cm³/mol. The molecule has 0 amide bonds. The monoisotopic (exact) mass is 455 g/mol. The molecule has 0 saturated carbocycles. The van der Waals surface area contributed by atoms with E-state index in [0.29, 0.717) is 46.5 Å². The van der Waals surface area contributed by atoms with Crippen molar-refractivity contribution in [1.29, 1.82) is 0 Å². The van der Waals surface area contributed by atoms with E-state index in [1.54, 1.807) is 36.5 Å². The number of aromatic nitrogens is 4. The van der Waals surface area contributed by atoms with Crippen molar-refractivity contribution in [2.24, 2.45) is 5.92 Å². The largest absolute Gasteiger partial charge is 0.390 e. The molecule has 166 valence electrons. The van der Waals surface area contributed by atoms with Crippen molar-refractivity contribution in [3.63, 3.8) is 0 Å². The fraction of sp³-hybridized carbons (Fsp3) is 0.318. The van der Waals surface area contributed by atoms with Crippen LogP contribution in [0.4, 0.5) is 4.39 Å². The molecular formula is C22H22FN5O3S. The number of rotatable bonds is 5. The van der Waals surface area contributed by atoms with Crippen LogP contribution in [0.5, 0.6) is 0 Å². The standard InChI is InChI=1S/C22H22FN5O3S/c1-15-4-3-11-27(13-15)32(29,30)17-7-9-20-21(12-17)28(26-25-20)31-14-16-6-8-19(23)18-5-2-10-24-22(16)18/h2,5-10,12,15H,3-4,11,13-14H2,1H3. The number of sulfonamides is 1. The normalized spacial score (nSPS) is 17.8. The molecule has 0 bridgehead atoms. The first-order valence-electron chi connectivity index (χ1n) is 10.4. The maximum absolute atomic E-state index is 14.1. The minimum Gasteiger partial charge on any atom is -0.390 e. The molecule has 8 nitrogen and oxygen atoms in total. The summed E-state index contributed by atoms with van der Waals surface area (Å²) in [6.45, 7) is 3.15. The number of pyridine rings is 1. The number of halogens is 1. The molecule has 0 radical (unpaired) electrons. The predicted octanol–water partition coefficient (Wildman–Crippen LogP) is 3.17. The van der Waals surface area contributed by atoms with Gasteiger partial charge in [-0.05, 0) is 60.4 Å². The first-order chi connectivity index (χ1) is 15.4. The van der Waals surface area contributed by atoms with Gasteiger partial charge in [-0.25, -0.2) is 12.8 Å². The summed E-state index contributed by atoms with van der Waals surface area (Å²) in [5.41, 5.74) is 2.13. The third kappa shape index (κ3) is 3.69. The lowest BCUT2D eigenvalue weighted by atomic mass is 10.0. The number of hydrogen-bond donors (Lipinski definition) is 0. The van der Waals surface area contributed by atoms with Crippen LogP contribution in [0.2, 0.25) is 0 Å². The molecule has 1 atom stereocenters. The van der Waals surface area contributed by atoms with Crippen LogP contribution in [-0.4, -0.2) is 46.0 Å². The van der Waals surface area contributed by atoms with Crippen molar-refractivity contribution in [2.75, 3.05) is 13.1 Å². The van der Waals surface area contributed by atoms with Crippen LogP contribution in [0, 0.1) is 11.7 Å². The molecule has 2 aromatic heterocycles. The van der Waals surface area contributed by atoms with E-state index in [1.165, 1.54) is 21.3 Å². The third-order valence-electron chi connectivity index (χ3n) is 5.79. The Kier molecular flexibility index (Phi) is 5.26. The van der Waals surface area contributed by atoms with Crippen molar-refractivity contribution in [3.8, 4) is 0 Å². The van der Waals surface area contributed by atoms with Gasteiger partial charge in [-0.2, -0.15) is 4.31 Å². The Morgan fingerprint density at radius 2 is 2.09 bits per heavy atom. The van der Waals surface area contributed by atoms with Gasteiger partial charge in [-0.3, -0.25) is 4.98 Å². The summed E-state index contributed by atoms with van der Waals surface area (Å²) in [7, 11) is -3.62. The second-order valence-corrected chi connectivity index (χ2v) is 10.0. The molecule has 2 aromatic carbocycles. The summed E-state index contributed by atoms with van der Waals surface area (Å²) in [6, 6.07) is 11.0. The maximum Gasteiger partial charge on any atom is 0.243 e. The van der Waals surface area contributed by atoms with Crippen LogP contribution in [0.25, 0.3) is 21.9 Å². The van der Waals surface area contributed by atoms with E-state index in [4.69, 9.17) is 4.84 Å². The van der Waals surface area contributed by atoms with Gasteiger partial charge in [0.25, 0.3) is 0 Å². The van der Waals surface area contributed by atoms with E-state index in [-0.39, 0.29) is 17.3 Å². The number of hydrogen-bond acceptors (Lipinski definition) is 6. The maximum atomic E-state index is 14.1. The molecule has 0 spiro atoms. The Balaban J connectivity index is 1.44. The average molecular weight is 456 g/mol. The second-order valence-electron chi connectivity index (χ2n) is 8.10. The molecule has 32 heavy (non-hydrogen) atoms. The molecule has 0 N–H and O–H groups in total. The lowest BCUT2D eigenvalue weighted by molar-refractivity contribution is 0.0757. The first kappa shape index (κ1) is 20.8. The summed E-state index contributed by atoms with van der Waals surface area (Å²) in [6.07, 6.45) is 3.47. The highest BCUT2D eigenvalue weighted by Gasteiger charge is 2.29. The van der Waals surface area contributed by atoms with E-state index in [0.717, 1.165) is 12.8 Å². The summed E-state index contributed by atoms with van der Waals surface area (Å²) >= 11 is 0. The van der Waals surface area contributed by atoms with Crippen molar-refractivity contribution < 1.29 is 17.6 Å². The fourth-order valence-electron chi connectivity index (χ4n) is 4.09. The number of benzene rings is 2. The van der Waals surface area contributed by atoms with E-state index in [9.17, 15) is 12.8 Å². The Morgan fingerprint density at radius 1 is 1.22 bits per heavy atom. The molecule has 4 aromatic rings. The van der Waals surface area contributed by atoms with Gasteiger partial charge in [0.1, 0.15) is 23.5 Å². The topological polar surface area (TPSA) is 90.2 Å². The molecular weight excluding hydrogens is 433 g/mol. The molecule has 1 aliphatic heterocycles. The number of fused-ring (bicyclic) bond motifs is 2. The fourth-order valence-corrected chi connectivity index (χ4v) is 5.71. The van der Waals surface area contributed by atoms with Crippen LogP contribution in [0.15, 0.2) is 53.6 Å². The van der Waals surface area contributed by atoms with Gasteiger partial charge in [0.15, 0.2) is 0 Å². The highest BCUT2D eigenvalue weighted by molar-refractivity contribution is 7.89. The molecule has 1 saturated heterocycles. The van der Waals surface area contributed by atoms with Crippen molar-refractivity contribution in [1.82, 2.24) is 24.4 Å². The van der Waals surface area contributed by atoms with Crippen LogP contribution >= 0.6 is 0 Å². The lowest BCUT2D eigenvalue weighted by Gasteiger charge is -2.30. The zero-order valence-corrected chi connectivity index (χ0v) is 18.3. The number of nitrogens with zero attached hydrogens (tertiary/aromatic N) is 5. The van der Waals surface area contributed by atoms with Gasteiger partial charge in [-0.1, -0.05) is 17.8 Å². The van der Waals surface area contributed by atoms with Gasteiger partial charge in [0.05, 0.1) is 10.4 Å². The second kappa shape index (κ2) is 8.10. The summed E-state index contributed by atoms with van der Waals surface area (Å²) in [5, 5.41) is 8.46. The Hall–Kier alpha value is -3.11. The quantitative estimate of drug-likeness (QED) is 0.459. The molecule has 1 fully saturated rings. The van der Waals surface area contributed by atoms with Gasteiger partial charge in [0.2, 0.25) is 10.0 Å². The Labute approximate surface area is 184 Å². The Bertz CT molecular complexity index is 1410. The lowest BCUT2D eigenvalue weighted by Crippen LogP contribution is -2.39. The molecule has 1 unspecified atom stereocenters. The molecule has 1 aliphatic rings. The smallest absolute Gasteiger partial charge is 0.243 e. The zero-order chi connectivity index (χ0) is 22.3. The molecule has 0 aliphatic carbocycles. The molecule has 5 rings (SSSR count). The van der Waals surface area contributed by atoms with Gasteiger partial charge >= 0.3 is 0 Å². The van der Waals surface area contributed by atoms with Gasteiger partial charge < -0.3 is 4.84 Å². The van der Waals surface area contributed by atoms with Gasteiger partial charge in [-0.15, -0.1) is 5.10 Å². The zero-order valence-electron chi connectivity index (χ0n) is 17.5. The summed E-state index contributed by atoms with van der Waals surface area (Å²) in [5.74, 6) is -0.0261. The van der Waals surface area contributed by atoms with E-state index in [2.05, 4.69) is 22.2 Å². The van der Waals surface area contributed by atoms with Crippen LogP contribution in [-0.2, 0) is 16.6 Å². The number of piperidine rings is 1. The van der Waals surface area contributed by atoms with Crippen LogP contribution in [0.3, 0.4) is 0 Å². The molecule has 10 heteroatoms. The van der Waals surface area contributed by atoms with E-state index in [1.807, 2.05) is 0 Å². The first-order valence-corrected chi connectivity index (χ1v) is 11.9. The highest BCUT2D eigenvalue weighted by Crippen LogP contribution is 2.26. The summed E-state index contributed by atoms with van der Waals surface area (Å²) < 4.78 is 41.9. The SMILES string of the molecule is CC1CCCN(S(=O)(=O)c2ccc3nnn(OCc4ccc(F)c5cccnc45)c3c2)C1. The minimum absolute atomic E-state index is 0.0624. The molecule has 3 heterocycles. The van der Waals surface area contributed by atoms with E-state index >= 15 is 0 Å². The van der Waals surface area contributed by atoms with Crippen molar-refractivity contribution in [2.45, 2.75) is 31.3 Å². The minimum atomic E-state index is -3.62. The van der Waals surface area contributed by atoms with Crippen molar-refractivity contribution >= 4 is 32.0 Å².